The Morgan fingerprint density at radius 1 is 1.29 bits per heavy atom. The van der Waals surface area contributed by atoms with Gasteiger partial charge in [0.15, 0.2) is 5.84 Å². The molecule has 0 radical (unpaired) electrons. The molecular formula is C13H16F3N3O2. The molecule has 8 heteroatoms. The molecule has 1 unspecified atom stereocenters. The Morgan fingerprint density at radius 2 is 1.81 bits per heavy atom. The van der Waals surface area contributed by atoms with Crippen molar-refractivity contribution >= 4 is 11.7 Å². The summed E-state index contributed by atoms with van der Waals surface area (Å²) in [4.78, 5) is 12.0. The van der Waals surface area contributed by atoms with Crippen molar-refractivity contribution in [2.24, 2.45) is 16.8 Å². The summed E-state index contributed by atoms with van der Waals surface area (Å²) in [5.74, 6) is -0.932. The molecule has 1 aromatic rings. The largest absolute Gasteiger partial charge is 0.416 e. The van der Waals surface area contributed by atoms with Gasteiger partial charge in [0.25, 0.3) is 5.91 Å². The van der Waals surface area contributed by atoms with Gasteiger partial charge in [-0.15, -0.1) is 0 Å². The van der Waals surface area contributed by atoms with Crippen LogP contribution in [0.15, 0.2) is 29.4 Å². The van der Waals surface area contributed by atoms with E-state index < -0.39 is 23.7 Å². The van der Waals surface area contributed by atoms with Crippen molar-refractivity contribution in [3.8, 4) is 0 Å². The average Bonchev–Trinajstić information content (AvgIpc) is 2.42. The lowest BCUT2D eigenvalue weighted by Gasteiger charge is -2.21. The number of rotatable bonds is 4. The number of halogens is 3. The number of benzene rings is 1. The second-order valence-corrected chi connectivity index (χ2v) is 4.80. The summed E-state index contributed by atoms with van der Waals surface area (Å²) in [6.45, 7) is 3.49. The van der Waals surface area contributed by atoms with Crippen molar-refractivity contribution in [1.29, 1.82) is 0 Å². The van der Waals surface area contributed by atoms with E-state index in [0.717, 1.165) is 24.3 Å². The van der Waals surface area contributed by atoms with Crippen LogP contribution in [0.4, 0.5) is 13.2 Å². The number of carbonyl (C=O) groups excluding carboxylic acids is 1. The lowest BCUT2D eigenvalue weighted by Crippen LogP contribution is -2.47. The van der Waals surface area contributed by atoms with E-state index in [9.17, 15) is 18.0 Å². The van der Waals surface area contributed by atoms with Gasteiger partial charge in [-0.1, -0.05) is 19.0 Å². The number of hydrogen-bond donors (Lipinski definition) is 3. The molecule has 21 heavy (non-hydrogen) atoms. The first kappa shape index (κ1) is 16.8. The first-order valence-electron chi connectivity index (χ1n) is 6.12. The van der Waals surface area contributed by atoms with Crippen LogP contribution < -0.4 is 11.1 Å². The van der Waals surface area contributed by atoms with E-state index in [-0.39, 0.29) is 17.3 Å². The minimum atomic E-state index is -4.45. The topological polar surface area (TPSA) is 87.7 Å². The number of alkyl halides is 3. The van der Waals surface area contributed by atoms with Crippen LogP contribution in [0.1, 0.15) is 29.8 Å². The first-order chi connectivity index (χ1) is 9.66. The van der Waals surface area contributed by atoms with Crippen LogP contribution in [0.2, 0.25) is 0 Å². The molecule has 0 fully saturated rings. The second-order valence-electron chi connectivity index (χ2n) is 4.80. The van der Waals surface area contributed by atoms with Gasteiger partial charge in [0.2, 0.25) is 0 Å². The quantitative estimate of drug-likeness (QED) is 0.345. The van der Waals surface area contributed by atoms with Crippen LogP contribution in [0.25, 0.3) is 0 Å². The number of nitrogens with one attached hydrogen (secondary N) is 1. The molecule has 1 atom stereocenters. The third-order valence-corrected chi connectivity index (χ3v) is 2.86. The fourth-order valence-electron chi connectivity index (χ4n) is 1.68. The van der Waals surface area contributed by atoms with Gasteiger partial charge in [-0.3, -0.25) is 4.79 Å². The Morgan fingerprint density at radius 3 is 2.19 bits per heavy atom. The molecule has 0 heterocycles. The number of amides is 1. The average molecular weight is 303 g/mol. The molecule has 0 spiro atoms. The summed E-state index contributed by atoms with van der Waals surface area (Å²) in [6.07, 6.45) is -4.45. The van der Waals surface area contributed by atoms with Gasteiger partial charge in [0.05, 0.1) is 11.6 Å². The zero-order valence-corrected chi connectivity index (χ0v) is 11.5. The third-order valence-electron chi connectivity index (χ3n) is 2.86. The fraction of sp³-hybridized carbons (Fsp3) is 0.385. The molecule has 0 aliphatic rings. The minimum Gasteiger partial charge on any atom is -0.409 e. The van der Waals surface area contributed by atoms with Crippen LogP contribution in [-0.2, 0) is 6.18 Å². The highest BCUT2D eigenvalue weighted by atomic mass is 19.4. The van der Waals surface area contributed by atoms with Crippen LogP contribution in [-0.4, -0.2) is 23.0 Å². The third kappa shape index (κ3) is 4.37. The van der Waals surface area contributed by atoms with Crippen molar-refractivity contribution in [2.45, 2.75) is 26.1 Å². The Labute approximate surface area is 119 Å². The number of carbonyl (C=O) groups is 1. The normalized spacial score (nSPS) is 14.1. The number of hydrogen-bond acceptors (Lipinski definition) is 3. The van der Waals surface area contributed by atoms with Crippen molar-refractivity contribution < 1.29 is 23.2 Å². The Kier molecular flexibility index (Phi) is 5.17. The van der Waals surface area contributed by atoms with Gasteiger partial charge < -0.3 is 16.3 Å². The van der Waals surface area contributed by atoms with E-state index >= 15 is 0 Å². The SMILES string of the molecule is CC(C)C(NC(=O)c1ccc(C(F)(F)F)cc1)C(N)=NO. The van der Waals surface area contributed by atoms with E-state index in [1.165, 1.54) is 0 Å². The van der Waals surface area contributed by atoms with Crippen LogP contribution in [0.3, 0.4) is 0 Å². The summed E-state index contributed by atoms with van der Waals surface area (Å²) in [7, 11) is 0. The molecular weight excluding hydrogens is 287 g/mol. The fourth-order valence-corrected chi connectivity index (χ4v) is 1.68. The van der Waals surface area contributed by atoms with Crippen LogP contribution in [0.5, 0.6) is 0 Å². The summed E-state index contributed by atoms with van der Waals surface area (Å²) in [6, 6.07) is 3.07. The summed E-state index contributed by atoms with van der Waals surface area (Å²) >= 11 is 0. The number of nitrogens with two attached hydrogens (primary N) is 1. The van der Waals surface area contributed by atoms with Gasteiger partial charge in [-0.2, -0.15) is 13.2 Å². The highest BCUT2D eigenvalue weighted by molar-refractivity contribution is 5.98. The summed E-state index contributed by atoms with van der Waals surface area (Å²) in [5, 5.41) is 14.0. The van der Waals surface area contributed by atoms with Crippen molar-refractivity contribution in [1.82, 2.24) is 5.32 Å². The lowest BCUT2D eigenvalue weighted by atomic mass is 10.0. The Hall–Kier alpha value is -2.25. The maximum absolute atomic E-state index is 12.4. The van der Waals surface area contributed by atoms with E-state index in [1.807, 2.05) is 0 Å². The van der Waals surface area contributed by atoms with Gasteiger partial charge >= 0.3 is 6.18 Å². The number of oxime groups is 1. The molecule has 5 nitrogen and oxygen atoms in total. The zero-order chi connectivity index (χ0) is 16.2. The Balaban J connectivity index is 2.89. The standard InChI is InChI=1S/C13H16F3N3O2/c1-7(2)10(11(17)19-21)18-12(20)8-3-5-9(6-4-8)13(14,15)16/h3-7,10,21H,1-2H3,(H2,17,19)(H,18,20). The molecule has 0 aromatic heterocycles. The molecule has 0 saturated heterocycles. The maximum Gasteiger partial charge on any atom is 0.416 e. The summed E-state index contributed by atoms with van der Waals surface area (Å²) in [5.41, 5.74) is 4.68. The predicted molar refractivity (Wildman–Crippen MR) is 70.9 cm³/mol. The van der Waals surface area contributed by atoms with E-state index in [1.54, 1.807) is 13.8 Å². The van der Waals surface area contributed by atoms with E-state index in [2.05, 4.69) is 10.5 Å². The smallest absolute Gasteiger partial charge is 0.409 e. The maximum atomic E-state index is 12.4. The molecule has 0 saturated carbocycles. The second kappa shape index (κ2) is 6.47. The van der Waals surface area contributed by atoms with Gasteiger partial charge in [0.1, 0.15) is 0 Å². The first-order valence-corrected chi connectivity index (χ1v) is 6.12. The molecule has 1 aromatic carbocycles. The predicted octanol–water partition coefficient (Wildman–Crippen LogP) is 2.21. The van der Waals surface area contributed by atoms with Gasteiger partial charge in [-0.05, 0) is 30.2 Å². The zero-order valence-electron chi connectivity index (χ0n) is 11.5. The molecule has 116 valence electrons. The molecule has 1 rings (SSSR count). The highest BCUT2D eigenvalue weighted by Crippen LogP contribution is 2.29. The lowest BCUT2D eigenvalue weighted by molar-refractivity contribution is -0.137. The summed E-state index contributed by atoms with van der Waals surface area (Å²) < 4.78 is 37.3. The van der Waals surface area contributed by atoms with Crippen molar-refractivity contribution in [3.63, 3.8) is 0 Å². The highest BCUT2D eigenvalue weighted by Gasteiger charge is 2.30. The molecule has 0 aliphatic carbocycles. The van der Waals surface area contributed by atoms with Crippen molar-refractivity contribution in [2.75, 3.05) is 0 Å². The van der Waals surface area contributed by atoms with Gasteiger partial charge in [-0.25, -0.2) is 0 Å². The minimum absolute atomic E-state index is 0.0550. The van der Waals surface area contributed by atoms with Gasteiger partial charge in [0, 0.05) is 5.56 Å². The van der Waals surface area contributed by atoms with Crippen molar-refractivity contribution in [3.05, 3.63) is 35.4 Å². The monoisotopic (exact) mass is 303 g/mol. The number of nitrogens with zero attached hydrogens (tertiary/aromatic N) is 1. The van der Waals surface area contributed by atoms with Crippen LogP contribution in [0, 0.1) is 5.92 Å². The molecule has 1 amide bonds. The molecule has 4 N–H and O–H groups in total. The molecule has 0 aliphatic heterocycles. The van der Waals surface area contributed by atoms with E-state index in [0.29, 0.717) is 0 Å². The van der Waals surface area contributed by atoms with Crippen LogP contribution >= 0.6 is 0 Å². The van der Waals surface area contributed by atoms with E-state index in [4.69, 9.17) is 10.9 Å². The molecule has 0 bridgehead atoms. The Bertz CT molecular complexity index is 524. The number of amidine groups is 1.